The molecule has 1 fully saturated rings. The van der Waals surface area contributed by atoms with Crippen LogP contribution in [0.3, 0.4) is 0 Å². The fraction of sp³-hybridized carbons (Fsp3) is 0.533. The quantitative estimate of drug-likeness (QED) is 0.738. The summed E-state index contributed by atoms with van der Waals surface area (Å²) >= 11 is 7.74. The van der Waals surface area contributed by atoms with Crippen LogP contribution in [0.1, 0.15) is 26.2 Å². The van der Waals surface area contributed by atoms with Crippen LogP contribution in [-0.2, 0) is 4.79 Å². The number of carbonyl (C=O) groups is 1. The first-order valence-electron chi connectivity index (χ1n) is 6.72. The van der Waals surface area contributed by atoms with Crippen LogP contribution >= 0.6 is 23.4 Å². The molecule has 0 radical (unpaired) electrons. The largest absolute Gasteiger partial charge is 0.343 e. The lowest BCUT2D eigenvalue weighted by molar-refractivity contribution is -0.131. The number of carbonyl (C=O) groups excluding carboxylic acids is 1. The summed E-state index contributed by atoms with van der Waals surface area (Å²) in [6, 6.07) is 8.15. The van der Waals surface area contributed by atoms with Gasteiger partial charge in [0.1, 0.15) is 0 Å². The first kappa shape index (κ1) is 14.7. The van der Waals surface area contributed by atoms with Crippen molar-refractivity contribution in [2.24, 2.45) is 5.92 Å². The second kappa shape index (κ2) is 6.67. The second-order valence-corrected chi connectivity index (χ2v) is 6.66. The molecule has 104 valence electrons. The summed E-state index contributed by atoms with van der Waals surface area (Å²) in [7, 11) is 1.92. The van der Waals surface area contributed by atoms with E-state index in [4.69, 9.17) is 11.6 Å². The van der Waals surface area contributed by atoms with E-state index < -0.39 is 0 Å². The molecule has 1 aromatic rings. The van der Waals surface area contributed by atoms with Crippen LogP contribution in [0.5, 0.6) is 0 Å². The highest BCUT2D eigenvalue weighted by Gasteiger charge is 2.32. The topological polar surface area (TPSA) is 20.3 Å². The Kier molecular flexibility index (Phi) is 5.17. The normalized spacial score (nSPS) is 16.2. The molecule has 4 heteroatoms. The summed E-state index contributed by atoms with van der Waals surface area (Å²) in [6.07, 6.45) is 3.11. The first-order valence-corrected chi connectivity index (χ1v) is 8.09. The van der Waals surface area contributed by atoms with Gasteiger partial charge in [-0.3, -0.25) is 4.79 Å². The summed E-state index contributed by atoms with van der Waals surface area (Å²) in [5, 5.41) is 0.764. The molecule has 0 aliphatic heterocycles. The molecule has 0 heterocycles. The van der Waals surface area contributed by atoms with Gasteiger partial charge in [-0.25, -0.2) is 0 Å². The van der Waals surface area contributed by atoms with Crippen molar-refractivity contribution in [3.05, 3.63) is 29.3 Å². The summed E-state index contributed by atoms with van der Waals surface area (Å²) < 4.78 is 0. The van der Waals surface area contributed by atoms with E-state index in [-0.39, 0.29) is 5.91 Å². The van der Waals surface area contributed by atoms with E-state index in [1.807, 2.05) is 36.2 Å². The van der Waals surface area contributed by atoms with Crippen LogP contribution in [0.15, 0.2) is 29.2 Å². The van der Waals surface area contributed by atoms with Gasteiger partial charge in [-0.05, 0) is 37.8 Å². The molecule has 1 saturated carbocycles. The maximum atomic E-state index is 12.1. The van der Waals surface area contributed by atoms with E-state index in [2.05, 4.69) is 6.92 Å². The van der Waals surface area contributed by atoms with Crippen LogP contribution in [0.25, 0.3) is 0 Å². The van der Waals surface area contributed by atoms with Gasteiger partial charge in [0.25, 0.3) is 0 Å². The molecule has 0 spiro atoms. The fourth-order valence-corrected chi connectivity index (χ4v) is 3.29. The van der Waals surface area contributed by atoms with Gasteiger partial charge in [-0.15, -0.1) is 11.8 Å². The lowest BCUT2D eigenvalue weighted by atomic mass is 10.2. The minimum absolute atomic E-state index is 0.235. The van der Waals surface area contributed by atoms with Crippen LogP contribution in [0.4, 0.5) is 0 Å². The predicted molar refractivity (Wildman–Crippen MR) is 81.7 cm³/mol. The van der Waals surface area contributed by atoms with Crippen LogP contribution in [0.2, 0.25) is 5.02 Å². The van der Waals surface area contributed by atoms with Gasteiger partial charge in [-0.2, -0.15) is 0 Å². The molecule has 1 atom stereocenters. The first-order chi connectivity index (χ1) is 9.09. The molecule has 0 aromatic heterocycles. The van der Waals surface area contributed by atoms with E-state index in [1.54, 1.807) is 11.8 Å². The van der Waals surface area contributed by atoms with Gasteiger partial charge in [-0.1, -0.05) is 23.7 Å². The number of hydrogen-bond acceptors (Lipinski definition) is 2. The van der Waals surface area contributed by atoms with Gasteiger partial charge in [0, 0.05) is 30.2 Å². The summed E-state index contributed by atoms with van der Waals surface area (Å²) in [5.74, 6) is 1.74. The molecule has 0 saturated heterocycles. The molecule has 1 amide bonds. The van der Waals surface area contributed by atoms with E-state index in [9.17, 15) is 4.79 Å². The van der Waals surface area contributed by atoms with Gasteiger partial charge >= 0.3 is 0 Å². The van der Waals surface area contributed by atoms with Gasteiger partial charge in [0.05, 0.1) is 5.02 Å². The third-order valence-electron chi connectivity index (χ3n) is 3.72. The third kappa shape index (κ3) is 4.15. The molecular formula is C15H20ClNOS. The summed E-state index contributed by atoms with van der Waals surface area (Å²) in [6.45, 7) is 2.15. The van der Waals surface area contributed by atoms with Crippen molar-refractivity contribution in [3.63, 3.8) is 0 Å². The molecule has 0 N–H and O–H groups in total. The molecule has 1 aromatic carbocycles. The summed E-state index contributed by atoms with van der Waals surface area (Å²) in [5.41, 5.74) is 0. The SMILES string of the molecule is CC(C1CC1)N(C)C(=O)CCSc1ccccc1Cl. The Hall–Kier alpha value is -0.670. The maximum absolute atomic E-state index is 12.1. The average Bonchev–Trinajstić information content (AvgIpc) is 3.23. The standard InChI is InChI=1S/C15H20ClNOS/c1-11(12-7-8-12)17(2)15(18)9-10-19-14-6-4-3-5-13(14)16/h3-6,11-12H,7-10H2,1-2H3. The smallest absolute Gasteiger partial charge is 0.223 e. The Morgan fingerprint density at radius 3 is 2.79 bits per heavy atom. The van der Waals surface area contributed by atoms with Gasteiger partial charge < -0.3 is 4.90 Å². The molecule has 19 heavy (non-hydrogen) atoms. The molecule has 1 aliphatic rings. The molecular weight excluding hydrogens is 278 g/mol. The Balaban J connectivity index is 1.76. The highest BCUT2D eigenvalue weighted by Crippen LogP contribution is 2.35. The number of rotatable bonds is 6. The fourth-order valence-electron chi connectivity index (χ4n) is 2.11. The average molecular weight is 298 g/mol. The number of amides is 1. The molecule has 2 nitrogen and oxygen atoms in total. The van der Waals surface area contributed by atoms with Crippen molar-refractivity contribution in [1.29, 1.82) is 0 Å². The van der Waals surface area contributed by atoms with Crippen LogP contribution in [0, 0.1) is 5.92 Å². The van der Waals surface area contributed by atoms with Crippen molar-refractivity contribution in [1.82, 2.24) is 4.90 Å². The third-order valence-corrected chi connectivity index (χ3v) is 5.24. The zero-order valence-electron chi connectivity index (χ0n) is 11.4. The highest BCUT2D eigenvalue weighted by molar-refractivity contribution is 7.99. The molecule has 2 rings (SSSR count). The van der Waals surface area contributed by atoms with Crippen molar-refractivity contribution in [3.8, 4) is 0 Å². The zero-order valence-corrected chi connectivity index (χ0v) is 13.0. The lowest BCUT2D eigenvalue weighted by Gasteiger charge is -2.24. The Bertz CT molecular complexity index is 448. The number of hydrogen-bond donors (Lipinski definition) is 0. The predicted octanol–water partition coefficient (Wildman–Crippen LogP) is 4.08. The lowest BCUT2D eigenvalue weighted by Crippen LogP contribution is -2.36. The second-order valence-electron chi connectivity index (χ2n) is 5.11. The van der Waals surface area contributed by atoms with E-state index >= 15 is 0 Å². The minimum Gasteiger partial charge on any atom is -0.343 e. The van der Waals surface area contributed by atoms with E-state index in [0.29, 0.717) is 12.5 Å². The van der Waals surface area contributed by atoms with Crippen molar-refractivity contribution in [2.75, 3.05) is 12.8 Å². The Morgan fingerprint density at radius 1 is 1.47 bits per heavy atom. The number of benzene rings is 1. The summed E-state index contributed by atoms with van der Waals surface area (Å²) in [4.78, 5) is 15.0. The number of nitrogens with zero attached hydrogens (tertiary/aromatic N) is 1. The molecule has 1 unspecified atom stereocenters. The zero-order chi connectivity index (χ0) is 13.8. The number of thioether (sulfide) groups is 1. The number of halogens is 1. The van der Waals surface area contributed by atoms with Gasteiger partial charge in [0.2, 0.25) is 5.91 Å². The van der Waals surface area contributed by atoms with Crippen molar-refractivity contribution in [2.45, 2.75) is 37.1 Å². The minimum atomic E-state index is 0.235. The Labute approximate surface area is 124 Å². The maximum Gasteiger partial charge on any atom is 0.223 e. The monoisotopic (exact) mass is 297 g/mol. The molecule has 1 aliphatic carbocycles. The van der Waals surface area contributed by atoms with Gasteiger partial charge in [0.15, 0.2) is 0 Å². The van der Waals surface area contributed by atoms with Crippen molar-refractivity contribution >= 4 is 29.3 Å². The highest BCUT2D eigenvalue weighted by atomic mass is 35.5. The van der Waals surface area contributed by atoms with Crippen molar-refractivity contribution < 1.29 is 4.79 Å². The molecule has 0 bridgehead atoms. The van der Waals surface area contributed by atoms with Crippen LogP contribution < -0.4 is 0 Å². The van der Waals surface area contributed by atoms with Crippen LogP contribution in [-0.4, -0.2) is 29.6 Å². The Morgan fingerprint density at radius 2 is 2.16 bits per heavy atom. The van der Waals surface area contributed by atoms with E-state index in [1.165, 1.54) is 12.8 Å². The van der Waals surface area contributed by atoms with E-state index in [0.717, 1.165) is 21.6 Å².